The van der Waals surface area contributed by atoms with Crippen molar-refractivity contribution in [2.75, 3.05) is 19.8 Å². The van der Waals surface area contributed by atoms with Gasteiger partial charge < -0.3 is 15.2 Å². The normalized spacial score (nSPS) is 12.5. The lowest BCUT2D eigenvalue weighted by molar-refractivity contribution is 0.0523. The average molecular weight is 306 g/mol. The van der Waals surface area contributed by atoms with Gasteiger partial charge in [-0.15, -0.1) is 0 Å². The quantitative estimate of drug-likeness (QED) is 0.842. The summed E-state index contributed by atoms with van der Waals surface area (Å²) in [5.41, 5.74) is 5.53. The van der Waals surface area contributed by atoms with E-state index in [9.17, 15) is 4.39 Å². The third-order valence-corrected chi connectivity index (χ3v) is 2.75. The van der Waals surface area contributed by atoms with Crippen molar-refractivity contribution >= 4 is 15.9 Å². The second-order valence-electron chi connectivity index (χ2n) is 3.52. The largest absolute Gasteiger partial charge is 0.490 e. The molecule has 1 atom stereocenters. The van der Waals surface area contributed by atoms with Gasteiger partial charge in [-0.25, -0.2) is 4.39 Å². The summed E-state index contributed by atoms with van der Waals surface area (Å²) in [7, 11) is 0. The van der Waals surface area contributed by atoms with Gasteiger partial charge in [0.05, 0.1) is 12.7 Å². The molecule has 0 heterocycles. The van der Waals surface area contributed by atoms with E-state index in [0.29, 0.717) is 26.2 Å². The van der Waals surface area contributed by atoms with Crippen LogP contribution in [0.3, 0.4) is 0 Å². The summed E-state index contributed by atoms with van der Waals surface area (Å²) < 4.78 is 24.8. The van der Waals surface area contributed by atoms with Crippen LogP contribution in [0.25, 0.3) is 0 Å². The predicted octanol–water partition coefficient (Wildman–Crippen LogP) is 2.72. The van der Waals surface area contributed by atoms with Crippen LogP contribution >= 0.6 is 15.9 Å². The Morgan fingerprint density at radius 3 is 2.88 bits per heavy atom. The van der Waals surface area contributed by atoms with Gasteiger partial charge in [-0.05, 0) is 25.1 Å². The SMILES string of the molecule is CCOC(CN)CCOc1cc(Br)ccc1F. The molecule has 0 aliphatic carbocycles. The van der Waals surface area contributed by atoms with Gasteiger partial charge in [-0.2, -0.15) is 0 Å². The van der Waals surface area contributed by atoms with E-state index >= 15 is 0 Å². The maximum atomic E-state index is 13.3. The summed E-state index contributed by atoms with van der Waals surface area (Å²) in [6.45, 7) is 3.36. The summed E-state index contributed by atoms with van der Waals surface area (Å²) in [5, 5.41) is 0. The van der Waals surface area contributed by atoms with Crippen LogP contribution in [0, 0.1) is 5.82 Å². The van der Waals surface area contributed by atoms with E-state index in [4.69, 9.17) is 15.2 Å². The van der Waals surface area contributed by atoms with Crippen molar-refractivity contribution in [2.45, 2.75) is 19.4 Å². The Labute approximate surface area is 109 Å². The topological polar surface area (TPSA) is 44.5 Å². The fourth-order valence-corrected chi connectivity index (χ4v) is 1.73. The fraction of sp³-hybridized carbons (Fsp3) is 0.500. The first-order valence-corrected chi connectivity index (χ1v) is 6.36. The highest BCUT2D eigenvalue weighted by Gasteiger charge is 2.08. The van der Waals surface area contributed by atoms with E-state index in [2.05, 4.69) is 15.9 Å². The number of halogens is 2. The molecule has 0 aliphatic heterocycles. The summed E-state index contributed by atoms with van der Waals surface area (Å²) in [4.78, 5) is 0. The first-order chi connectivity index (χ1) is 8.17. The molecule has 1 unspecified atom stereocenters. The minimum Gasteiger partial charge on any atom is -0.490 e. The van der Waals surface area contributed by atoms with Crippen molar-refractivity contribution in [3.8, 4) is 5.75 Å². The van der Waals surface area contributed by atoms with Crippen LogP contribution in [0.4, 0.5) is 4.39 Å². The van der Waals surface area contributed by atoms with E-state index in [-0.39, 0.29) is 17.7 Å². The maximum Gasteiger partial charge on any atom is 0.165 e. The molecule has 1 aromatic rings. The highest BCUT2D eigenvalue weighted by molar-refractivity contribution is 9.10. The van der Waals surface area contributed by atoms with Crippen LogP contribution in [-0.4, -0.2) is 25.9 Å². The number of hydrogen-bond acceptors (Lipinski definition) is 3. The smallest absolute Gasteiger partial charge is 0.165 e. The van der Waals surface area contributed by atoms with Gasteiger partial charge in [0.15, 0.2) is 11.6 Å². The zero-order valence-corrected chi connectivity index (χ0v) is 11.4. The van der Waals surface area contributed by atoms with Crippen LogP contribution < -0.4 is 10.5 Å². The summed E-state index contributed by atoms with van der Waals surface area (Å²) in [6.07, 6.45) is 0.617. The first kappa shape index (κ1) is 14.4. The molecule has 17 heavy (non-hydrogen) atoms. The number of benzene rings is 1. The van der Waals surface area contributed by atoms with Crippen molar-refractivity contribution in [3.05, 3.63) is 28.5 Å². The molecule has 3 nitrogen and oxygen atoms in total. The average Bonchev–Trinajstić information content (AvgIpc) is 2.32. The van der Waals surface area contributed by atoms with Crippen molar-refractivity contribution in [2.24, 2.45) is 5.73 Å². The van der Waals surface area contributed by atoms with Gasteiger partial charge >= 0.3 is 0 Å². The van der Waals surface area contributed by atoms with Crippen LogP contribution in [0.2, 0.25) is 0 Å². The Bertz CT molecular complexity index is 349. The van der Waals surface area contributed by atoms with Gasteiger partial charge in [-0.1, -0.05) is 15.9 Å². The molecule has 2 N–H and O–H groups in total. The third kappa shape index (κ3) is 5.02. The highest BCUT2D eigenvalue weighted by Crippen LogP contribution is 2.22. The minimum absolute atomic E-state index is 0.0322. The number of rotatable bonds is 7. The number of nitrogens with two attached hydrogens (primary N) is 1. The van der Waals surface area contributed by atoms with Crippen LogP contribution in [0.5, 0.6) is 5.75 Å². The van der Waals surface area contributed by atoms with Crippen molar-refractivity contribution in [1.29, 1.82) is 0 Å². The Hall–Kier alpha value is -0.650. The minimum atomic E-state index is -0.367. The number of ether oxygens (including phenoxy) is 2. The fourth-order valence-electron chi connectivity index (χ4n) is 1.39. The van der Waals surface area contributed by atoms with Crippen LogP contribution in [-0.2, 0) is 4.74 Å². The molecular formula is C12H17BrFNO2. The second-order valence-corrected chi connectivity index (χ2v) is 4.44. The van der Waals surface area contributed by atoms with Gasteiger partial charge in [0.1, 0.15) is 0 Å². The molecule has 0 amide bonds. The van der Waals surface area contributed by atoms with Crippen molar-refractivity contribution < 1.29 is 13.9 Å². The van der Waals surface area contributed by atoms with Crippen LogP contribution in [0.15, 0.2) is 22.7 Å². The Kier molecular flexibility index (Phi) is 6.47. The van der Waals surface area contributed by atoms with Gasteiger partial charge in [-0.3, -0.25) is 0 Å². The molecule has 1 aromatic carbocycles. The standard InChI is InChI=1S/C12H17BrFNO2/c1-2-16-10(8-15)5-6-17-12-7-9(13)3-4-11(12)14/h3-4,7,10H,2,5-6,8,15H2,1H3. The van der Waals surface area contributed by atoms with E-state index in [0.717, 1.165) is 4.47 Å². The van der Waals surface area contributed by atoms with E-state index in [1.807, 2.05) is 6.92 Å². The van der Waals surface area contributed by atoms with Crippen LogP contribution in [0.1, 0.15) is 13.3 Å². The van der Waals surface area contributed by atoms with Crippen molar-refractivity contribution in [3.63, 3.8) is 0 Å². The lowest BCUT2D eigenvalue weighted by atomic mass is 10.2. The molecule has 0 aromatic heterocycles. The molecule has 0 saturated heterocycles. The predicted molar refractivity (Wildman–Crippen MR) is 68.7 cm³/mol. The summed E-state index contributed by atoms with van der Waals surface area (Å²) >= 11 is 3.26. The third-order valence-electron chi connectivity index (χ3n) is 2.26. The van der Waals surface area contributed by atoms with E-state index in [1.54, 1.807) is 12.1 Å². The molecule has 0 radical (unpaired) electrons. The van der Waals surface area contributed by atoms with Gasteiger partial charge in [0, 0.05) is 24.0 Å². The molecule has 0 fully saturated rings. The van der Waals surface area contributed by atoms with Crippen molar-refractivity contribution in [1.82, 2.24) is 0 Å². The molecule has 1 rings (SSSR count). The maximum absolute atomic E-state index is 13.3. The Balaban J connectivity index is 2.42. The monoisotopic (exact) mass is 305 g/mol. The molecule has 96 valence electrons. The Morgan fingerprint density at radius 1 is 1.47 bits per heavy atom. The Morgan fingerprint density at radius 2 is 2.24 bits per heavy atom. The molecule has 0 spiro atoms. The van der Waals surface area contributed by atoms with E-state index < -0.39 is 0 Å². The second kappa shape index (κ2) is 7.63. The highest BCUT2D eigenvalue weighted by atomic mass is 79.9. The summed E-state index contributed by atoms with van der Waals surface area (Å²) in [5.74, 6) is -0.124. The van der Waals surface area contributed by atoms with Gasteiger partial charge in [0.25, 0.3) is 0 Å². The summed E-state index contributed by atoms with van der Waals surface area (Å²) in [6, 6.07) is 4.60. The molecular weight excluding hydrogens is 289 g/mol. The molecule has 0 bridgehead atoms. The van der Waals surface area contributed by atoms with E-state index in [1.165, 1.54) is 6.07 Å². The molecule has 5 heteroatoms. The zero-order chi connectivity index (χ0) is 12.7. The molecule has 0 aliphatic rings. The first-order valence-electron chi connectivity index (χ1n) is 5.57. The molecule has 0 saturated carbocycles. The zero-order valence-electron chi connectivity index (χ0n) is 9.79. The lowest BCUT2D eigenvalue weighted by Gasteiger charge is -2.15. The van der Waals surface area contributed by atoms with Gasteiger partial charge in [0.2, 0.25) is 0 Å². The lowest BCUT2D eigenvalue weighted by Crippen LogP contribution is -2.25. The number of hydrogen-bond donors (Lipinski definition) is 1.